The van der Waals surface area contributed by atoms with E-state index in [2.05, 4.69) is 5.32 Å². The molecule has 2 rings (SSSR count). The second-order valence-corrected chi connectivity index (χ2v) is 5.39. The van der Waals surface area contributed by atoms with Gasteiger partial charge in [0.05, 0.1) is 13.7 Å². The topological polar surface area (TPSA) is 41.6 Å². The summed E-state index contributed by atoms with van der Waals surface area (Å²) in [6.07, 6.45) is 0. The number of hydrogen-bond acceptors (Lipinski definition) is 3. The first kappa shape index (κ1) is 17.0. The minimum Gasteiger partial charge on any atom is -0.497 e. The Bertz CT molecular complexity index is 644. The molecular weight excluding hydrogens is 295 g/mol. The van der Waals surface area contributed by atoms with Gasteiger partial charge in [-0.3, -0.25) is 9.69 Å². The molecule has 1 amide bonds. The Hall–Kier alpha value is -2.40. The third-order valence-electron chi connectivity index (χ3n) is 3.46. The smallest absolute Gasteiger partial charge is 0.234 e. The van der Waals surface area contributed by atoms with Gasteiger partial charge in [0.2, 0.25) is 5.91 Å². The lowest BCUT2D eigenvalue weighted by Gasteiger charge is -2.16. The van der Waals surface area contributed by atoms with Gasteiger partial charge in [-0.15, -0.1) is 0 Å². The van der Waals surface area contributed by atoms with E-state index in [4.69, 9.17) is 4.74 Å². The molecule has 0 aliphatic heterocycles. The van der Waals surface area contributed by atoms with E-state index in [1.165, 1.54) is 6.07 Å². The van der Waals surface area contributed by atoms with Gasteiger partial charge in [-0.2, -0.15) is 0 Å². The Balaban J connectivity index is 1.79. The van der Waals surface area contributed by atoms with Crippen molar-refractivity contribution in [1.82, 2.24) is 10.2 Å². The summed E-state index contributed by atoms with van der Waals surface area (Å²) >= 11 is 0. The zero-order valence-corrected chi connectivity index (χ0v) is 13.4. The summed E-state index contributed by atoms with van der Waals surface area (Å²) in [6.45, 7) is 1.10. The third kappa shape index (κ3) is 5.38. The highest BCUT2D eigenvalue weighted by Gasteiger charge is 2.08. The van der Waals surface area contributed by atoms with E-state index in [-0.39, 0.29) is 24.8 Å². The lowest BCUT2D eigenvalue weighted by atomic mass is 10.2. The molecule has 0 aromatic heterocycles. The maximum Gasteiger partial charge on any atom is 0.234 e. The van der Waals surface area contributed by atoms with Gasteiger partial charge in [-0.25, -0.2) is 4.39 Å². The molecule has 0 fully saturated rings. The monoisotopic (exact) mass is 316 g/mol. The van der Waals surface area contributed by atoms with Crippen LogP contribution >= 0.6 is 0 Å². The van der Waals surface area contributed by atoms with Crippen LogP contribution in [0.4, 0.5) is 4.39 Å². The number of likely N-dealkylation sites (N-methyl/N-ethyl adjacent to an activating group) is 1. The average molecular weight is 316 g/mol. The van der Waals surface area contributed by atoms with Crippen molar-refractivity contribution < 1.29 is 13.9 Å². The van der Waals surface area contributed by atoms with Crippen molar-refractivity contribution in [3.8, 4) is 5.75 Å². The number of nitrogens with one attached hydrogen (secondary N) is 1. The van der Waals surface area contributed by atoms with Crippen molar-refractivity contribution in [2.75, 3.05) is 20.7 Å². The van der Waals surface area contributed by atoms with Crippen molar-refractivity contribution in [2.45, 2.75) is 13.1 Å². The zero-order chi connectivity index (χ0) is 16.7. The molecule has 0 spiro atoms. The minimum absolute atomic E-state index is 0.135. The van der Waals surface area contributed by atoms with Crippen molar-refractivity contribution in [1.29, 1.82) is 0 Å². The summed E-state index contributed by atoms with van der Waals surface area (Å²) in [5.41, 5.74) is 1.58. The summed E-state index contributed by atoms with van der Waals surface area (Å²) in [5.74, 6) is 0.364. The lowest BCUT2D eigenvalue weighted by Crippen LogP contribution is -2.34. The van der Waals surface area contributed by atoms with Crippen LogP contribution in [0.1, 0.15) is 11.1 Å². The van der Waals surface area contributed by atoms with E-state index in [0.717, 1.165) is 11.3 Å². The number of rotatable bonds is 7. The highest BCUT2D eigenvalue weighted by Crippen LogP contribution is 2.12. The molecule has 0 bridgehead atoms. The molecule has 0 saturated carbocycles. The van der Waals surface area contributed by atoms with E-state index in [1.54, 1.807) is 25.3 Å². The van der Waals surface area contributed by atoms with E-state index < -0.39 is 0 Å². The first-order valence-electron chi connectivity index (χ1n) is 7.40. The summed E-state index contributed by atoms with van der Waals surface area (Å²) in [5, 5.41) is 2.73. The van der Waals surface area contributed by atoms with Crippen molar-refractivity contribution >= 4 is 5.91 Å². The standard InChI is InChI=1S/C18H21FN2O2/c1-21(12-14-7-9-16(23-2)10-8-14)13-18(22)20-11-15-5-3-4-6-17(15)19/h3-10H,11-13H2,1-2H3,(H,20,22). The largest absolute Gasteiger partial charge is 0.497 e. The van der Waals surface area contributed by atoms with Crippen molar-refractivity contribution in [3.63, 3.8) is 0 Å². The normalized spacial score (nSPS) is 10.6. The van der Waals surface area contributed by atoms with Crippen LogP contribution in [-0.4, -0.2) is 31.5 Å². The fraction of sp³-hybridized carbons (Fsp3) is 0.278. The summed E-state index contributed by atoms with van der Waals surface area (Å²) in [6, 6.07) is 14.1. The Labute approximate surface area is 135 Å². The molecule has 0 atom stereocenters. The number of hydrogen-bond donors (Lipinski definition) is 1. The van der Waals surface area contributed by atoms with Gasteiger partial charge in [0.15, 0.2) is 0 Å². The lowest BCUT2D eigenvalue weighted by molar-refractivity contribution is -0.122. The first-order valence-corrected chi connectivity index (χ1v) is 7.40. The summed E-state index contributed by atoms with van der Waals surface area (Å²) in [4.78, 5) is 13.8. The van der Waals surface area contributed by atoms with Crippen LogP contribution in [0.2, 0.25) is 0 Å². The predicted octanol–water partition coefficient (Wildman–Crippen LogP) is 2.58. The van der Waals surface area contributed by atoms with Crippen LogP contribution in [-0.2, 0) is 17.9 Å². The molecule has 1 N–H and O–H groups in total. The van der Waals surface area contributed by atoms with Gasteiger partial charge >= 0.3 is 0 Å². The Morgan fingerprint density at radius 3 is 2.52 bits per heavy atom. The van der Waals surface area contributed by atoms with Crippen LogP contribution in [0.3, 0.4) is 0 Å². The number of carbonyl (C=O) groups excluding carboxylic acids is 1. The van der Waals surface area contributed by atoms with Crippen molar-refractivity contribution in [3.05, 3.63) is 65.5 Å². The van der Waals surface area contributed by atoms with Gasteiger partial charge in [-0.05, 0) is 30.8 Å². The molecule has 5 heteroatoms. The second-order valence-electron chi connectivity index (χ2n) is 5.39. The molecule has 2 aromatic carbocycles. The first-order chi connectivity index (χ1) is 11.1. The number of ether oxygens (including phenoxy) is 1. The molecule has 0 saturated heterocycles. The Morgan fingerprint density at radius 2 is 1.87 bits per heavy atom. The van der Waals surface area contributed by atoms with Crippen LogP contribution in [0.15, 0.2) is 48.5 Å². The summed E-state index contributed by atoms with van der Waals surface area (Å²) in [7, 11) is 3.49. The summed E-state index contributed by atoms with van der Waals surface area (Å²) < 4.78 is 18.6. The molecule has 0 aliphatic carbocycles. The highest BCUT2D eigenvalue weighted by molar-refractivity contribution is 5.77. The van der Waals surface area contributed by atoms with E-state index >= 15 is 0 Å². The number of methoxy groups -OCH3 is 1. The number of carbonyl (C=O) groups is 1. The molecule has 0 unspecified atom stereocenters. The van der Waals surface area contributed by atoms with Gasteiger partial charge < -0.3 is 10.1 Å². The number of nitrogens with zero attached hydrogens (tertiary/aromatic N) is 1. The SMILES string of the molecule is COc1ccc(CN(C)CC(=O)NCc2ccccc2F)cc1. The van der Waals surface area contributed by atoms with Gasteiger partial charge in [0.1, 0.15) is 11.6 Å². The van der Waals surface area contributed by atoms with E-state index in [1.807, 2.05) is 36.2 Å². The molecule has 4 nitrogen and oxygen atoms in total. The fourth-order valence-electron chi connectivity index (χ4n) is 2.24. The number of benzene rings is 2. The maximum absolute atomic E-state index is 13.5. The second kappa shape index (κ2) is 8.29. The van der Waals surface area contributed by atoms with Crippen LogP contribution in [0, 0.1) is 5.82 Å². The molecule has 0 radical (unpaired) electrons. The van der Waals surface area contributed by atoms with Crippen LogP contribution < -0.4 is 10.1 Å². The molecule has 122 valence electrons. The molecule has 2 aromatic rings. The molecule has 23 heavy (non-hydrogen) atoms. The third-order valence-corrected chi connectivity index (χ3v) is 3.46. The Morgan fingerprint density at radius 1 is 1.17 bits per heavy atom. The minimum atomic E-state index is -0.306. The van der Waals surface area contributed by atoms with E-state index in [9.17, 15) is 9.18 Å². The predicted molar refractivity (Wildman–Crippen MR) is 87.6 cm³/mol. The molecular formula is C18H21FN2O2. The van der Waals surface area contributed by atoms with E-state index in [0.29, 0.717) is 12.1 Å². The zero-order valence-electron chi connectivity index (χ0n) is 13.4. The van der Waals surface area contributed by atoms with Crippen LogP contribution in [0.5, 0.6) is 5.75 Å². The molecule has 0 aliphatic rings. The maximum atomic E-state index is 13.5. The van der Waals surface area contributed by atoms with Gasteiger partial charge in [0, 0.05) is 18.7 Å². The quantitative estimate of drug-likeness (QED) is 0.854. The van der Waals surface area contributed by atoms with Gasteiger partial charge in [0.25, 0.3) is 0 Å². The van der Waals surface area contributed by atoms with Gasteiger partial charge in [-0.1, -0.05) is 30.3 Å². The molecule has 0 heterocycles. The fourth-order valence-corrected chi connectivity index (χ4v) is 2.24. The highest BCUT2D eigenvalue weighted by atomic mass is 19.1. The number of amides is 1. The van der Waals surface area contributed by atoms with Crippen LogP contribution in [0.25, 0.3) is 0 Å². The average Bonchev–Trinajstić information content (AvgIpc) is 2.54. The number of halogens is 1. The van der Waals surface area contributed by atoms with Crippen molar-refractivity contribution in [2.24, 2.45) is 0 Å². The Kier molecular flexibility index (Phi) is 6.11.